The maximum absolute atomic E-state index is 12.7. The van der Waals surface area contributed by atoms with Crippen LogP contribution in [0.5, 0.6) is 0 Å². The van der Waals surface area contributed by atoms with E-state index in [0.29, 0.717) is 6.07 Å². The monoisotopic (exact) mass is 225 g/mol. The van der Waals surface area contributed by atoms with Crippen molar-refractivity contribution in [3.05, 3.63) is 34.1 Å². The SMILES string of the molecule is CC.[OH+]=Cc1c(F)cc(F)c(Cl)c1F. The molecule has 78 valence electrons. The third-order valence-corrected chi connectivity index (χ3v) is 1.63. The molecule has 0 atom stereocenters. The molecule has 0 saturated heterocycles. The van der Waals surface area contributed by atoms with Gasteiger partial charge in [-0.3, -0.25) is 4.79 Å². The summed E-state index contributed by atoms with van der Waals surface area (Å²) in [6.07, 6.45) is 0.190. The van der Waals surface area contributed by atoms with Gasteiger partial charge in [0.1, 0.15) is 22.2 Å². The molecular formula is C9H9ClF3O+. The summed E-state index contributed by atoms with van der Waals surface area (Å²) >= 11 is 5.09. The summed E-state index contributed by atoms with van der Waals surface area (Å²) in [7, 11) is 0. The van der Waals surface area contributed by atoms with Gasteiger partial charge < -0.3 is 0 Å². The minimum Gasteiger partial charge on any atom is -0.281 e. The van der Waals surface area contributed by atoms with Gasteiger partial charge >= 0.3 is 6.29 Å². The van der Waals surface area contributed by atoms with Crippen LogP contribution in [0.4, 0.5) is 13.2 Å². The number of hydrogen-bond donors (Lipinski definition) is 0. The summed E-state index contributed by atoms with van der Waals surface area (Å²) in [5.74, 6) is -3.70. The lowest BCUT2D eigenvalue weighted by Crippen LogP contribution is -1.97. The second kappa shape index (κ2) is 5.65. The third kappa shape index (κ3) is 2.48. The summed E-state index contributed by atoms with van der Waals surface area (Å²) in [6, 6.07) is 0.396. The van der Waals surface area contributed by atoms with E-state index < -0.39 is 28.0 Å². The molecule has 0 spiro atoms. The van der Waals surface area contributed by atoms with Gasteiger partial charge in [0.05, 0.1) is 0 Å². The zero-order valence-electron chi connectivity index (χ0n) is 7.61. The zero-order valence-corrected chi connectivity index (χ0v) is 8.37. The highest BCUT2D eigenvalue weighted by molar-refractivity contribution is 6.31. The second-order valence-corrected chi connectivity index (χ2v) is 2.39. The molecule has 0 aliphatic carbocycles. The van der Waals surface area contributed by atoms with E-state index in [9.17, 15) is 13.2 Å². The van der Waals surface area contributed by atoms with Gasteiger partial charge in [-0.05, 0) is 0 Å². The minimum atomic E-state index is -1.31. The van der Waals surface area contributed by atoms with Gasteiger partial charge in [-0.1, -0.05) is 25.4 Å². The fourth-order valence-corrected chi connectivity index (χ4v) is 0.855. The van der Waals surface area contributed by atoms with Gasteiger partial charge in [0.25, 0.3) is 0 Å². The Hall–Kier alpha value is -1.03. The lowest BCUT2D eigenvalue weighted by molar-refractivity contribution is 0.538. The number of hydrogen-bond acceptors (Lipinski definition) is 0. The van der Waals surface area contributed by atoms with Gasteiger partial charge in [0.15, 0.2) is 5.82 Å². The first-order chi connectivity index (χ1) is 6.57. The number of aldehydes is 1. The molecule has 1 aromatic rings. The van der Waals surface area contributed by atoms with Crippen molar-refractivity contribution in [2.75, 3.05) is 0 Å². The molecule has 1 N–H and O–H groups in total. The molecule has 0 aliphatic heterocycles. The van der Waals surface area contributed by atoms with E-state index in [2.05, 4.69) is 0 Å². The summed E-state index contributed by atoms with van der Waals surface area (Å²) in [5, 5.41) is -0.836. The molecule has 0 aliphatic rings. The van der Waals surface area contributed by atoms with Crippen LogP contribution in [0.1, 0.15) is 19.4 Å². The van der Waals surface area contributed by atoms with Crippen LogP contribution in [0, 0.1) is 17.5 Å². The van der Waals surface area contributed by atoms with Crippen molar-refractivity contribution in [1.82, 2.24) is 0 Å². The van der Waals surface area contributed by atoms with Gasteiger partial charge in [-0.25, -0.2) is 13.2 Å². The molecule has 1 nitrogen and oxygen atoms in total. The van der Waals surface area contributed by atoms with Crippen LogP contribution in [-0.2, 0) is 0 Å². The number of benzene rings is 1. The van der Waals surface area contributed by atoms with Crippen LogP contribution in [0.15, 0.2) is 6.07 Å². The molecule has 0 bridgehead atoms. The largest absolute Gasteiger partial charge is 0.318 e. The molecule has 0 amide bonds. The van der Waals surface area contributed by atoms with Gasteiger partial charge in [-0.15, -0.1) is 0 Å². The van der Waals surface area contributed by atoms with Crippen molar-refractivity contribution in [1.29, 1.82) is 0 Å². The molecule has 1 aromatic carbocycles. The van der Waals surface area contributed by atoms with Crippen LogP contribution < -0.4 is 0 Å². The number of halogens is 4. The molecule has 0 fully saturated rings. The average molecular weight is 226 g/mol. The van der Waals surface area contributed by atoms with E-state index in [1.165, 1.54) is 0 Å². The first kappa shape index (κ1) is 13.0. The van der Waals surface area contributed by atoms with Crippen LogP contribution in [-0.4, -0.2) is 11.1 Å². The predicted octanol–water partition coefficient (Wildman–Crippen LogP) is 3.31. The average Bonchev–Trinajstić information content (AvgIpc) is 2.18. The summed E-state index contributed by atoms with van der Waals surface area (Å²) in [6.45, 7) is 4.00. The lowest BCUT2D eigenvalue weighted by atomic mass is 10.2. The Morgan fingerprint density at radius 3 is 2.14 bits per heavy atom. The topological polar surface area (TPSA) is 21.4 Å². The lowest BCUT2D eigenvalue weighted by Gasteiger charge is -1.98. The Kier molecular flexibility index (Phi) is 5.23. The van der Waals surface area contributed by atoms with E-state index in [-0.39, 0.29) is 6.29 Å². The van der Waals surface area contributed by atoms with E-state index in [0.717, 1.165) is 0 Å². The molecular weight excluding hydrogens is 217 g/mol. The normalized spacial score (nSPS) is 9.00. The maximum Gasteiger partial charge on any atom is 0.318 e. The smallest absolute Gasteiger partial charge is 0.281 e. The maximum atomic E-state index is 12.7. The molecule has 0 aromatic heterocycles. The van der Waals surface area contributed by atoms with Gasteiger partial charge in [0, 0.05) is 6.07 Å². The Labute approximate surface area is 84.5 Å². The van der Waals surface area contributed by atoms with Crippen LogP contribution in [0.3, 0.4) is 0 Å². The van der Waals surface area contributed by atoms with Crippen LogP contribution >= 0.6 is 11.6 Å². The highest BCUT2D eigenvalue weighted by Crippen LogP contribution is 2.23. The zero-order chi connectivity index (χ0) is 11.3. The van der Waals surface area contributed by atoms with Crippen molar-refractivity contribution in [3.63, 3.8) is 0 Å². The molecule has 14 heavy (non-hydrogen) atoms. The number of rotatable bonds is 1. The first-order valence-corrected chi connectivity index (χ1v) is 4.26. The van der Waals surface area contributed by atoms with E-state index in [1.54, 1.807) is 0 Å². The standard InChI is InChI=1S/C7H2ClF3O.C2H6/c8-6-5(10)1-4(9)3(2-12)7(6)11;1-2/h1-2H;1-2H3/p+1. The highest BCUT2D eigenvalue weighted by atomic mass is 35.5. The van der Waals surface area contributed by atoms with Crippen molar-refractivity contribution >= 4 is 17.9 Å². The number of carbonyl (C=O) groups excluding carboxylic acids is 1. The van der Waals surface area contributed by atoms with E-state index in [4.69, 9.17) is 16.4 Å². The van der Waals surface area contributed by atoms with Crippen LogP contribution in [0.25, 0.3) is 0 Å². The van der Waals surface area contributed by atoms with E-state index in [1.807, 2.05) is 13.8 Å². The highest BCUT2D eigenvalue weighted by Gasteiger charge is 2.18. The van der Waals surface area contributed by atoms with Gasteiger partial charge in [-0.2, -0.15) is 0 Å². The molecule has 5 heteroatoms. The molecule has 0 unspecified atom stereocenters. The second-order valence-electron chi connectivity index (χ2n) is 2.01. The predicted molar refractivity (Wildman–Crippen MR) is 49.8 cm³/mol. The quantitative estimate of drug-likeness (QED) is 0.303. The fraction of sp³-hybridized carbons (Fsp3) is 0.222. The van der Waals surface area contributed by atoms with Crippen molar-refractivity contribution in [3.8, 4) is 0 Å². The van der Waals surface area contributed by atoms with Crippen molar-refractivity contribution in [2.24, 2.45) is 0 Å². The van der Waals surface area contributed by atoms with E-state index >= 15 is 0 Å². The fourth-order valence-electron chi connectivity index (χ4n) is 0.699. The first-order valence-electron chi connectivity index (χ1n) is 3.88. The third-order valence-electron chi connectivity index (χ3n) is 1.28. The molecule has 1 rings (SSSR count). The summed E-state index contributed by atoms with van der Waals surface area (Å²) in [4.78, 5) is 8.33. The molecule has 0 radical (unpaired) electrons. The van der Waals surface area contributed by atoms with Crippen molar-refractivity contribution in [2.45, 2.75) is 13.8 Å². The summed E-state index contributed by atoms with van der Waals surface area (Å²) in [5.41, 5.74) is -0.749. The molecule has 0 saturated carbocycles. The Morgan fingerprint density at radius 1 is 1.21 bits per heavy atom. The van der Waals surface area contributed by atoms with Gasteiger partial charge in [0.2, 0.25) is 0 Å². The minimum absolute atomic E-state index is 0.190. The Balaban J connectivity index is 0.000000791. The van der Waals surface area contributed by atoms with Crippen molar-refractivity contribution < 1.29 is 18.0 Å². The summed E-state index contributed by atoms with van der Waals surface area (Å²) < 4.78 is 37.7. The van der Waals surface area contributed by atoms with Crippen LogP contribution in [0.2, 0.25) is 5.02 Å². The Morgan fingerprint density at radius 2 is 1.71 bits per heavy atom. The molecule has 0 heterocycles. The Bertz CT molecular complexity index is 339.